The number of benzene rings is 3. The molecule has 3 aromatic carbocycles. The zero-order valence-corrected chi connectivity index (χ0v) is 18.6. The maximum Gasteiger partial charge on any atom is 0.343 e. The van der Waals surface area contributed by atoms with Crippen LogP contribution in [0.3, 0.4) is 0 Å². The normalized spacial score (nSPS) is 14.8. The number of carbonyl (C=O) groups is 2. The van der Waals surface area contributed by atoms with Crippen molar-refractivity contribution in [3.05, 3.63) is 89.5 Å². The first-order valence-electron chi connectivity index (χ1n) is 10.1. The van der Waals surface area contributed by atoms with E-state index in [4.69, 9.17) is 0 Å². The van der Waals surface area contributed by atoms with E-state index in [9.17, 15) is 18.0 Å². The monoisotopic (exact) mass is 449 g/mol. The second-order valence-corrected chi connectivity index (χ2v) is 9.46. The van der Waals surface area contributed by atoms with Gasteiger partial charge in [0.2, 0.25) is 5.91 Å². The number of rotatable bonds is 5. The number of urea groups is 1. The molecule has 0 saturated carbocycles. The standard InChI is InChI=1S/C24H23N3O4S/c1-17-7-11-19(12-8-17)15-25-23(28)16-26-21-5-3-4-6-22(21)32(30,31)27(24(26)29)20-13-9-18(2)10-14-20/h3-14H,15-16H2,1-2H3,(H,25,28). The van der Waals surface area contributed by atoms with Gasteiger partial charge in [-0.3, -0.25) is 9.69 Å². The number of para-hydroxylation sites is 1. The molecule has 0 saturated heterocycles. The molecule has 8 heteroatoms. The zero-order chi connectivity index (χ0) is 22.9. The Balaban J connectivity index is 1.63. The summed E-state index contributed by atoms with van der Waals surface area (Å²) in [7, 11) is -4.12. The molecule has 7 nitrogen and oxygen atoms in total. The molecule has 0 atom stereocenters. The first-order valence-corrected chi connectivity index (χ1v) is 11.6. The minimum atomic E-state index is -4.12. The summed E-state index contributed by atoms with van der Waals surface area (Å²) in [6.45, 7) is 3.86. The number of hydrogen-bond donors (Lipinski definition) is 1. The van der Waals surface area contributed by atoms with Crippen LogP contribution in [-0.4, -0.2) is 26.9 Å². The molecule has 1 aliphatic heterocycles. The lowest BCUT2D eigenvalue weighted by molar-refractivity contribution is -0.119. The zero-order valence-electron chi connectivity index (χ0n) is 17.8. The molecular formula is C24H23N3O4S. The van der Waals surface area contributed by atoms with Gasteiger partial charge in [0, 0.05) is 6.54 Å². The Morgan fingerprint density at radius 2 is 1.47 bits per heavy atom. The van der Waals surface area contributed by atoms with E-state index < -0.39 is 22.0 Å². The summed E-state index contributed by atoms with van der Waals surface area (Å²) in [5.41, 5.74) is 3.39. The summed E-state index contributed by atoms with van der Waals surface area (Å²) >= 11 is 0. The van der Waals surface area contributed by atoms with Crippen molar-refractivity contribution >= 4 is 33.3 Å². The van der Waals surface area contributed by atoms with Crippen LogP contribution in [0.4, 0.5) is 16.2 Å². The number of aryl methyl sites for hydroxylation is 2. The number of hydrogen-bond acceptors (Lipinski definition) is 4. The summed E-state index contributed by atoms with van der Waals surface area (Å²) in [5.74, 6) is -0.392. The van der Waals surface area contributed by atoms with Crippen molar-refractivity contribution in [2.24, 2.45) is 0 Å². The van der Waals surface area contributed by atoms with Gasteiger partial charge in [-0.05, 0) is 43.7 Å². The van der Waals surface area contributed by atoms with Crippen LogP contribution in [0.2, 0.25) is 0 Å². The Hall–Kier alpha value is -3.65. The van der Waals surface area contributed by atoms with Gasteiger partial charge in [0.1, 0.15) is 11.4 Å². The molecule has 32 heavy (non-hydrogen) atoms. The molecular weight excluding hydrogens is 426 g/mol. The minimum absolute atomic E-state index is 0.0218. The summed E-state index contributed by atoms with van der Waals surface area (Å²) in [5, 5.41) is 2.80. The number of amides is 3. The Morgan fingerprint density at radius 1 is 0.875 bits per heavy atom. The second-order valence-electron chi connectivity index (χ2n) is 7.70. The lowest BCUT2D eigenvalue weighted by atomic mass is 10.1. The number of anilines is 2. The molecule has 0 aromatic heterocycles. The number of nitrogens with one attached hydrogen (secondary N) is 1. The topological polar surface area (TPSA) is 86.8 Å². The molecule has 3 amide bonds. The Labute approximate surface area is 187 Å². The number of fused-ring (bicyclic) bond motifs is 1. The van der Waals surface area contributed by atoms with Gasteiger partial charge >= 0.3 is 6.03 Å². The van der Waals surface area contributed by atoms with E-state index in [1.807, 2.05) is 38.1 Å². The quantitative estimate of drug-likeness (QED) is 0.643. The van der Waals surface area contributed by atoms with Crippen LogP contribution in [0.5, 0.6) is 0 Å². The van der Waals surface area contributed by atoms with Gasteiger partial charge in [-0.25, -0.2) is 13.2 Å². The van der Waals surface area contributed by atoms with Crippen LogP contribution in [0.25, 0.3) is 0 Å². The minimum Gasteiger partial charge on any atom is -0.350 e. The van der Waals surface area contributed by atoms with Crippen LogP contribution in [-0.2, 0) is 21.4 Å². The highest BCUT2D eigenvalue weighted by molar-refractivity contribution is 7.94. The van der Waals surface area contributed by atoms with E-state index >= 15 is 0 Å². The van der Waals surface area contributed by atoms with Crippen LogP contribution in [0.1, 0.15) is 16.7 Å². The Kier molecular flexibility index (Phi) is 5.71. The van der Waals surface area contributed by atoms with E-state index in [0.29, 0.717) is 6.54 Å². The van der Waals surface area contributed by atoms with Gasteiger partial charge in [0.15, 0.2) is 0 Å². The van der Waals surface area contributed by atoms with E-state index in [-0.39, 0.29) is 22.8 Å². The van der Waals surface area contributed by atoms with Gasteiger partial charge in [-0.2, -0.15) is 4.31 Å². The third kappa shape index (κ3) is 4.09. The predicted octanol–water partition coefficient (Wildman–Crippen LogP) is 3.76. The molecule has 1 aliphatic rings. The summed E-state index contributed by atoms with van der Waals surface area (Å²) in [6, 6.07) is 19.8. The van der Waals surface area contributed by atoms with E-state index in [2.05, 4.69) is 5.32 Å². The van der Waals surface area contributed by atoms with Gasteiger partial charge in [0.05, 0.1) is 11.4 Å². The maximum atomic E-state index is 13.3. The molecule has 3 aromatic rings. The Bertz CT molecular complexity index is 1270. The van der Waals surface area contributed by atoms with Crippen molar-refractivity contribution in [1.29, 1.82) is 0 Å². The number of sulfonamides is 1. The highest BCUT2D eigenvalue weighted by atomic mass is 32.2. The van der Waals surface area contributed by atoms with Crippen molar-refractivity contribution in [1.82, 2.24) is 5.32 Å². The first-order chi connectivity index (χ1) is 15.3. The highest BCUT2D eigenvalue weighted by Gasteiger charge is 2.42. The maximum absolute atomic E-state index is 13.3. The van der Waals surface area contributed by atoms with Gasteiger partial charge < -0.3 is 5.32 Å². The predicted molar refractivity (Wildman–Crippen MR) is 123 cm³/mol. The van der Waals surface area contributed by atoms with Crippen LogP contribution < -0.4 is 14.5 Å². The third-order valence-corrected chi connectivity index (χ3v) is 7.01. The summed E-state index contributed by atoms with van der Waals surface area (Å²) < 4.78 is 27.2. The average Bonchev–Trinajstić information content (AvgIpc) is 2.77. The summed E-state index contributed by atoms with van der Waals surface area (Å²) in [4.78, 5) is 27.2. The molecule has 0 radical (unpaired) electrons. The molecule has 0 bridgehead atoms. The van der Waals surface area contributed by atoms with E-state index in [0.717, 1.165) is 21.0 Å². The van der Waals surface area contributed by atoms with Crippen LogP contribution in [0, 0.1) is 13.8 Å². The molecule has 4 rings (SSSR count). The molecule has 0 unspecified atom stereocenters. The van der Waals surface area contributed by atoms with Crippen molar-refractivity contribution in [3.63, 3.8) is 0 Å². The van der Waals surface area contributed by atoms with Crippen LogP contribution >= 0.6 is 0 Å². The SMILES string of the molecule is Cc1ccc(CNC(=O)CN2C(=O)N(c3ccc(C)cc3)S(=O)(=O)c3ccccc32)cc1. The third-order valence-electron chi connectivity index (χ3n) is 5.26. The molecule has 0 spiro atoms. The van der Waals surface area contributed by atoms with Crippen molar-refractivity contribution < 1.29 is 18.0 Å². The highest BCUT2D eigenvalue weighted by Crippen LogP contribution is 2.36. The second kappa shape index (κ2) is 8.47. The average molecular weight is 450 g/mol. The van der Waals surface area contributed by atoms with Gasteiger partial charge in [-0.1, -0.05) is 59.7 Å². The number of nitrogens with zero attached hydrogens (tertiary/aromatic N) is 2. The van der Waals surface area contributed by atoms with E-state index in [1.165, 1.54) is 17.0 Å². The van der Waals surface area contributed by atoms with Crippen molar-refractivity contribution in [2.75, 3.05) is 15.7 Å². The first kappa shape index (κ1) is 21.6. The van der Waals surface area contributed by atoms with Gasteiger partial charge in [-0.15, -0.1) is 0 Å². The molecule has 1 heterocycles. The molecule has 164 valence electrons. The fourth-order valence-corrected chi connectivity index (χ4v) is 5.09. The lowest BCUT2D eigenvalue weighted by Gasteiger charge is -2.35. The fourth-order valence-electron chi connectivity index (χ4n) is 3.50. The Morgan fingerprint density at radius 3 is 2.12 bits per heavy atom. The van der Waals surface area contributed by atoms with Crippen molar-refractivity contribution in [2.45, 2.75) is 25.3 Å². The largest absolute Gasteiger partial charge is 0.350 e. The van der Waals surface area contributed by atoms with E-state index in [1.54, 1.807) is 36.4 Å². The van der Waals surface area contributed by atoms with Crippen molar-refractivity contribution in [3.8, 4) is 0 Å². The molecule has 0 aliphatic carbocycles. The smallest absolute Gasteiger partial charge is 0.343 e. The summed E-state index contributed by atoms with van der Waals surface area (Å²) in [6.07, 6.45) is 0. The number of carbonyl (C=O) groups excluding carboxylic acids is 2. The van der Waals surface area contributed by atoms with Crippen LogP contribution in [0.15, 0.2) is 77.7 Å². The molecule has 0 fully saturated rings. The molecule has 1 N–H and O–H groups in total. The fraction of sp³-hybridized carbons (Fsp3) is 0.167. The van der Waals surface area contributed by atoms with Gasteiger partial charge in [0.25, 0.3) is 10.0 Å². The lowest BCUT2D eigenvalue weighted by Crippen LogP contribution is -2.53.